The van der Waals surface area contributed by atoms with E-state index in [0.717, 1.165) is 18.4 Å². The van der Waals surface area contributed by atoms with Crippen LogP contribution < -0.4 is 5.32 Å². The van der Waals surface area contributed by atoms with Crippen LogP contribution in [0.1, 0.15) is 51.7 Å². The molecule has 1 aromatic rings. The maximum atomic E-state index is 11.6. The zero-order valence-electron chi connectivity index (χ0n) is 13.0. The summed E-state index contributed by atoms with van der Waals surface area (Å²) in [6.45, 7) is 5.96. The molecule has 0 radical (unpaired) electrons. The molecule has 1 aromatic carbocycles. The number of Topliss-reactive ketones (excluding diaryl/α,β-unsaturated/α-hetero) is 1. The van der Waals surface area contributed by atoms with Gasteiger partial charge in [0, 0.05) is 20.8 Å². The summed E-state index contributed by atoms with van der Waals surface area (Å²) in [4.78, 5) is 23.2. The van der Waals surface area contributed by atoms with Gasteiger partial charge in [-0.3, -0.25) is 4.79 Å². The molecule has 1 aliphatic carbocycles. The van der Waals surface area contributed by atoms with Gasteiger partial charge in [0.05, 0.1) is 0 Å². The third-order valence-corrected chi connectivity index (χ3v) is 3.45. The van der Waals surface area contributed by atoms with Crippen molar-refractivity contribution in [3.63, 3.8) is 0 Å². The molecule has 0 saturated carbocycles. The van der Waals surface area contributed by atoms with Crippen LogP contribution in [0.25, 0.3) is 0 Å². The number of rotatable bonds is 2. The number of hydrogen-bond acceptors (Lipinski definition) is 3. The third-order valence-electron chi connectivity index (χ3n) is 3.45. The van der Waals surface area contributed by atoms with Crippen LogP contribution in [0.5, 0.6) is 0 Å². The molecule has 0 atom stereocenters. The summed E-state index contributed by atoms with van der Waals surface area (Å²) in [5.74, 6) is 0.333. The second-order valence-corrected chi connectivity index (χ2v) is 6.50. The Labute approximate surface area is 127 Å². The number of hydrogen-bond donors (Lipinski definition) is 1. The van der Waals surface area contributed by atoms with E-state index in [1.165, 1.54) is 11.1 Å². The SMILES string of the molecule is CC(C)(C)OC(=O)NCc1ccc2c(c1)CCC(=O)CC2.[HH]. The maximum Gasteiger partial charge on any atom is 0.407 e. The highest BCUT2D eigenvalue weighted by atomic mass is 16.6. The Hall–Kier alpha value is -1.84. The first-order chi connectivity index (χ1) is 9.83. The predicted molar refractivity (Wildman–Crippen MR) is 83.3 cm³/mol. The van der Waals surface area contributed by atoms with Crippen molar-refractivity contribution in [2.45, 2.75) is 58.6 Å². The zero-order chi connectivity index (χ0) is 15.5. The number of amides is 1. The van der Waals surface area contributed by atoms with Gasteiger partial charge < -0.3 is 10.1 Å². The molecule has 21 heavy (non-hydrogen) atoms. The Morgan fingerprint density at radius 2 is 1.86 bits per heavy atom. The van der Waals surface area contributed by atoms with Crippen LogP contribution in [-0.2, 0) is 28.9 Å². The van der Waals surface area contributed by atoms with Crippen LogP contribution in [0.3, 0.4) is 0 Å². The van der Waals surface area contributed by atoms with Crippen LogP contribution in [0.15, 0.2) is 18.2 Å². The molecule has 0 aliphatic heterocycles. The number of fused-ring (bicyclic) bond motifs is 1. The lowest BCUT2D eigenvalue weighted by Crippen LogP contribution is -2.32. The first-order valence-corrected chi connectivity index (χ1v) is 7.43. The summed E-state index contributed by atoms with van der Waals surface area (Å²) >= 11 is 0. The summed E-state index contributed by atoms with van der Waals surface area (Å²) in [6.07, 6.45) is 2.48. The van der Waals surface area contributed by atoms with Crippen LogP contribution in [0.2, 0.25) is 0 Å². The van der Waals surface area contributed by atoms with Gasteiger partial charge in [-0.05, 0) is 50.3 Å². The van der Waals surface area contributed by atoms with Gasteiger partial charge in [0.2, 0.25) is 0 Å². The van der Waals surface area contributed by atoms with Crippen LogP contribution >= 0.6 is 0 Å². The molecule has 116 valence electrons. The summed E-state index contributed by atoms with van der Waals surface area (Å²) in [6, 6.07) is 6.16. The summed E-state index contributed by atoms with van der Waals surface area (Å²) in [7, 11) is 0. The van der Waals surface area contributed by atoms with E-state index in [-0.39, 0.29) is 1.43 Å². The predicted octanol–water partition coefficient (Wildman–Crippen LogP) is 3.41. The van der Waals surface area contributed by atoms with E-state index in [1.807, 2.05) is 26.8 Å². The van der Waals surface area contributed by atoms with Crippen molar-refractivity contribution in [2.24, 2.45) is 0 Å². The Kier molecular flexibility index (Phi) is 4.66. The van der Waals surface area contributed by atoms with Crippen molar-refractivity contribution in [1.29, 1.82) is 0 Å². The number of alkyl carbamates (subject to hydrolysis) is 1. The minimum Gasteiger partial charge on any atom is -0.444 e. The van der Waals surface area contributed by atoms with Gasteiger partial charge >= 0.3 is 6.09 Å². The van der Waals surface area contributed by atoms with E-state index in [9.17, 15) is 9.59 Å². The summed E-state index contributed by atoms with van der Waals surface area (Å²) in [5.41, 5.74) is 3.03. The van der Waals surface area contributed by atoms with Gasteiger partial charge in [-0.25, -0.2) is 4.79 Å². The van der Waals surface area contributed by atoms with E-state index in [1.54, 1.807) is 0 Å². The lowest BCUT2D eigenvalue weighted by molar-refractivity contribution is -0.118. The van der Waals surface area contributed by atoms with E-state index < -0.39 is 11.7 Å². The highest BCUT2D eigenvalue weighted by molar-refractivity contribution is 5.79. The van der Waals surface area contributed by atoms with Crippen molar-refractivity contribution < 1.29 is 15.8 Å². The summed E-state index contributed by atoms with van der Waals surface area (Å²) < 4.78 is 5.21. The van der Waals surface area contributed by atoms with Crippen molar-refractivity contribution in [1.82, 2.24) is 5.32 Å². The molecule has 0 aromatic heterocycles. The molecular weight excluding hydrogens is 266 g/mol. The first-order valence-electron chi connectivity index (χ1n) is 7.43. The topological polar surface area (TPSA) is 55.4 Å². The molecule has 0 bridgehead atoms. The van der Waals surface area contributed by atoms with Gasteiger partial charge in [-0.15, -0.1) is 0 Å². The lowest BCUT2D eigenvalue weighted by Gasteiger charge is -2.19. The number of benzene rings is 1. The average molecular weight is 291 g/mol. The van der Waals surface area contributed by atoms with E-state index in [4.69, 9.17) is 4.74 Å². The van der Waals surface area contributed by atoms with E-state index >= 15 is 0 Å². The monoisotopic (exact) mass is 291 g/mol. The fourth-order valence-corrected chi connectivity index (χ4v) is 2.43. The highest BCUT2D eigenvalue weighted by Crippen LogP contribution is 2.20. The minimum absolute atomic E-state index is 0. The van der Waals surface area contributed by atoms with Gasteiger partial charge in [0.25, 0.3) is 0 Å². The van der Waals surface area contributed by atoms with Gasteiger partial charge in [0.1, 0.15) is 11.4 Å². The van der Waals surface area contributed by atoms with E-state index in [2.05, 4.69) is 17.4 Å². The number of ether oxygens (including phenoxy) is 1. The molecule has 2 rings (SSSR count). The standard InChI is InChI=1S/C17H23NO3.H2/c1-17(2,3)21-16(20)18-11-12-4-5-13-6-8-15(19)9-7-14(13)10-12;/h4-5,10H,6-9,11H2,1-3H3,(H,18,20);1H. The minimum atomic E-state index is -0.488. The Bertz CT molecular complexity index is 549. The fraction of sp³-hybridized carbons (Fsp3) is 0.529. The molecule has 4 heteroatoms. The molecule has 1 aliphatic rings. The van der Waals surface area contributed by atoms with Crippen LogP contribution in [-0.4, -0.2) is 17.5 Å². The number of carbonyl (C=O) groups excluding carboxylic acids is 2. The second kappa shape index (κ2) is 6.29. The molecule has 1 N–H and O–H groups in total. The van der Waals surface area contributed by atoms with Crippen molar-refractivity contribution in [2.75, 3.05) is 0 Å². The number of carbonyl (C=O) groups is 2. The molecule has 0 fully saturated rings. The first kappa shape index (κ1) is 15.5. The van der Waals surface area contributed by atoms with Crippen molar-refractivity contribution in [3.8, 4) is 0 Å². The van der Waals surface area contributed by atoms with Crippen molar-refractivity contribution in [3.05, 3.63) is 34.9 Å². The molecule has 0 saturated heterocycles. The molecule has 4 nitrogen and oxygen atoms in total. The Morgan fingerprint density at radius 1 is 1.19 bits per heavy atom. The largest absolute Gasteiger partial charge is 0.444 e. The maximum absolute atomic E-state index is 11.6. The lowest BCUT2D eigenvalue weighted by atomic mass is 10.00. The summed E-state index contributed by atoms with van der Waals surface area (Å²) in [5, 5.41) is 2.76. The van der Waals surface area contributed by atoms with Gasteiger partial charge in [-0.1, -0.05) is 18.2 Å². The molecule has 0 unspecified atom stereocenters. The molecule has 1 amide bonds. The molecule has 0 heterocycles. The van der Waals surface area contributed by atoms with Gasteiger partial charge in [0.15, 0.2) is 0 Å². The Balaban J connectivity index is 0.00000242. The average Bonchev–Trinajstić information content (AvgIpc) is 2.57. The van der Waals surface area contributed by atoms with Crippen LogP contribution in [0, 0.1) is 0 Å². The van der Waals surface area contributed by atoms with Crippen molar-refractivity contribution >= 4 is 11.9 Å². The normalized spacial score (nSPS) is 15.1. The van der Waals surface area contributed by atoms with Gasteiger partial charge in [-0.2, -0.15) is 0 Å². The quantitative estimate of drug-likeness (QED) is 0.850. The number of nitrogens with one attached hydrogen (secondary N) is 1. The van der Waals surface area contributed by atoms with E-state index in [0.29, 0.717) is 25.2 Å². The molecular formula is C17H25NO3. The second-order valence-electron chi connectivity index (χ2n) is 6.50. The zero-order valence-corrected chi connectivity index (χ0v) is 13.0. The number of ketones is 1. The fourth-order valence-electron chi connectivity index (χ4n) is 2.43. The number of aryl methyl sites for hydroxylation is 2. The highest BCUT2D eigenvalue weighted by Gasteiger charge is 2.16. The molecule has 0 spiro atoms. The third kappa shape index (κ3) is 4.88. The smallest absolute Gasteiger partial charge is 0.407 e. The Morgan fingerprint density at radius 3 is 2.52 bits per heavy atom. The van der Waals surface area contributed by atoms with Crippen LogP contribution in [0.4, 0.5) is 4.79 Å².